The average molecular weight is 345 g/mol. The van der Waals surface area contributed by atoms with Crippen molar-refractivity contribution in [2.45, 2.75) is 39.3 Å². The molecule has 7 nitrogen and oxygen atoms in total. The number of piperidine rings is 1. The molecule has 0 bridgehead atoms. The number of nitrogens with zero attached hydrogens (tertiary/aromatic N) is 1. The Hall–Kier alpha value is -2.57. The van der Waals surface area contributed by atoms with Crippen LogP contribution in [0.5, 0.6) is 5.75 Å². The lowest BCUT2D eigenvalue weighted by molar-refractivity contribution is -0.134. The van der Waals surface area contributed by atoms with Crippen LogP contribution in [0.2, 0.25) is 0 Å². The van der Waals surface area contributed by atoms with Gasteiger partial charge in [-0.25, -0.2) is 0 Å². The van der Waals surface area contributed by atoms with E-state index in [0.717, 1.165) is 5.56 Å². The normalized spacial score (nSPS) is 20.3. The van der Waals surface area contributed by atoms with E-state index in [9.17, 15) is 14.4 Å². The van der Waals surface area contributed by atoms with E-state index in [1.54, 1.807) is 24.8 Å². The maximum absolute atomic E-state index is 12.3. The molecule has 1 fully saturated rings. The third-order valence-electron chi connectivity index (χ3n) is 4.75. The molecule has 3 amide bonds. The van der Waals surface area contributed by atoms with E-state index in [1.807, 2.05) is 12.1 Å². The first kappa shape index (κ1) is 17.3. The molecule has 1 atom stereocenters. The van der Waals surface area contributed by atoms with Crippen molar-refractivity contribution >= 4 is 23.4 Å². The van der Waals surface area contributed by atoms with Crippen molar-refractivity contribution in [1.82, 2.24) is 10.2 Å². The van der Waals surface area contributed by atoms with Crippen molar-refractivity contribution in [2.75, 3.05) is 18.4 Å². The highest BCUT2D eigenvalue weighted by Gasteiger charge is 2.26. The molecule has 0 saturated carbocycles. The number of anilines is 1. The Balaban J connectivity index is 1.54. The minimum Gasteiger partial charge on any atom is -0.479 e. The van der Waals surface area contributed by atoms with Gasteiger partial charge in [-0.15, -0.1) is 0 Å². The van der Waals surface area contributed by atoms with Crippen LogP contribution in [0, 0.1) is 5.92 Å². The molecular weight excluding hydrogens is 322 g/mol. The zero-order chi connectivity index (χ0) is 18.0. The summed E-state index contributed by atoms with van der Waals surface area (Å²) < 4.78 is 5.52. The monoisotopic (exact) mass is 345 g/mol. The standard InChI is InChI=1S/C18H23N3O4/c1-11-17(23)20-15-9-13(3-4-16(15)25-11)10-19-18(24)14-5-7-21(8-6-14)12(2)22/h3-4,9,11,14H,5-8,10H2,1-2H3,(H,19,24)(H,20,23). The number of ether oxygens (including phenoxy) is 1. The topological polar surface area (TPSA) is 87.7 Å². The fraction of sp³-hybridized carbons (Fsp3) is 0.500. The zero-order valence-corrected chi connectivity index (χ0v) is 14.5. The van der Waals surface area contributed by atoms with Crippen molar-refractivity contribution in [2.24, 2.45) is 5.92 Å². The van der Waals surface area contributed by atoms with Crippen LogP contribution in [-0.4, -0.2) is 41.8 Å². The van der Waals surface area contributed by atoms with Crippen molar-refractivity contribution in [3.8, 4) is 5.75 Å². The number of hydrogen-bond acceptors (Lipinski definition) is 4. The summed E-state index contributed by atoms with van der Waals surface area (Å²) >= 11 is 0. The van der Waals surface area contributed by atoms with Crippen LogP contribution in [0.1, 0.15) is 32.3 Å². The summed E-state index contributed by atoms with van der Waals surface area (Å²) in [6.07, 6.45) is 0.883. The molecule has 1 aromatic carbocycles. The number of hydrogen-bond donors (Lipinski definition) is 2. The largest absolute Gasteiger partial charge is 0.479 e. The van der Waals surface area contributed by atoms with E-state index in [-0.39, 0.29) is 23.6 Å². The number of carbonyl (C=O) groups excluding carboxylic acids is 3. The van der Waals surface area contributed by atoms with Crippen molar-refractivity contribution in [3.05, 3.63) is 23.8 Å². The van der Waals surface area contributed by atoms with Gasteiger partial charge in [0.25, 0.3) is 5.91 Å². The van der Waals surface area contributed by atoms with Crippen LogP contribution in [0.25, 0.3) is 0 Å². The summed E-state index contributed by atoms with van der Waals surface area (Å²) in [7, 11) is 0. The minimum atomic E-state index is -0.501. The summed E-state index contributed by atoms with van der Waals surface area (Å²) in [6, 6.07) is 5.50. The minimum absolute atomic E-state index is 0.00910. The molecule has 2 aliphatic rings. The van der Waals surface area contributed by atoms with Gasteiger partial charge in [0, 0.05) is 32.5 Å². The van der Waals surface area contributed by atoms with E-state index in [2.05, 4.69) is 10.6 Å². The molecule has 2 heterocycles. The highest BCUT2D eigenvalue weighted by Crippen LogP contribution is 2.30. The Morgan fingerprint density at radius 3 is 2.72 bits per heavy atom. The number of rotatable bonds is 3. The van der Waals surface area contributed by atoms with Gasteiger partial charge in [-0.1, -0.05) is 6.07 Å². The molecule has 25 heavy (non-hydrogen) atoms. The Morgan fingerprint density at radius 1 is 1.32 bits per heavy atom. The molecular formula is C18H23N3O4. The molecule has 2 aliphatic heterocycles. The fourth-order valence-corrected chi connectivity index (χ4v) is 3.16. The average Bonchev–Trinajstić information content (AvgIpc) is 2.60. The Morgan fingerprint density at radius 2 is 2.04 bits per heavy atom. The lowest BCUT2D eigenvalue weighted by atomic mass is 9.96. The Labute approximate surface area is 146 Å². The first-order valence-corrected chi connectivity index (χ1v) is 8.57. The molecule has 0 spiro atoms. The first-order valence-electron chi connectivity index (χ1n) is 8.57. The van der Waals surface area contributed by atoms with Crippen LogP contribution >= 0.6 is 0 Å². The lowest BCUT2D eigenvalue weighted by Crippen LogP contribution is -2.42. The summed E-state index contributed by atoms with van der Waals surface area (Å²) in [5, 5.41) is 5.75. The Kier molecular flexibility index (Phi) is 4.92. The van der Waals surface area contributed by atoms with Crippen molar-refractivity contribution in [1.29, 1.82) is 0 Å². The molecule has 0 radical (unpaired) electrons. The van der Waals surface area contributed by atoms with E-state index >= 15 is 0 Å². The molecule has 2 N–H and O–H groups in total. The first-order chi connectivity index (χ1) is 11.9. The molecule has 1 saturated heterocycles. The van der Waals surface area contributed by atoms with Gasteiger partial charge in [-0.2, -0.15) is 0 Å². The van der Waals surface area contributed by atoms with Crippen LogP contribution < -0.4 is 15.4 Å². The second kappa shape index (κ2) is 7.13. The van der Waals surface area contributed by atoms with E-state index in [0.29, 0.717) is 43.9 Å². The van der Waals surface area contributed by atoms with Gasteiger partial charge in [-0.05, 0) is 37.5 Å². The molecule has 134 valence electrons. The molecule has 0 aliphatic carbocycles. The van der Waals surface area contributed by atoms with Crippen molar-refractivity contribution < 1.29 is 19.1 Å². The maximum Gasteiger partial charge on any atom is 0.265 e. The van der Waals surface area contributed by atoms with Gasteiger partial charge < -0.3 is 20.3 Å². The van der Waals surface area contributed by atoms with Crippen LogP contribution in [0.4, 0.5) is 5.69 Å². The molecule has 1 aromatic rings. The molecule has 7 heteroatoms. The maximum atomic E-state index is 12.3. The highest BCUT2D eigenvalue weighted by atomic mass is 16.5. The summed E-state index contributed by atoms with van der Waals surface area (Å²) in [4.78, 5) is 37.1. The van der Waals surface area contributed by atoms with Gasteiger partial charge >= 0.3 is 0 Å². The summed E-state index contributed by atoms with van der Waals surface area (Å²) in [6.45, 7) is 4.91. The van der Waals surface area contributed by atoms with Crippen molar-refractivity contribution in [3.63, 3.8) is 0 Å². The quantitative estimate of drug-likeness (QED) is 0.864. The van der Waals surface area contributed by atoms with Crippen LogP contribution in [0.3, 0.4) is 0 Å². The summed E-state index contributed by atoms with van der Waals surface area (Å²) in [5.74, 6) is 0.475. The number of nitrogens with one attached hydrogen (secondary N) is 2. The Bertz CT molecular complexity index is 696. The van der Waals surface area contributed by atoms with E-state index in [4.69, 9.17) is 4.74 Å². The fourth-order valence-electron chi connectivity index (χ4n) is 3.16. The zero-order valence-electron chi connectivity index (χ0n) is 14.5. The molecule has 0 aromatic heterocycles. The van der Waals surface area contributed by atoms with Gasteiger partial charge in [0.1, 0.15) is 5.75 Å². The van der Waals surface area contributed by atoms with E-state index < -0.39 is 6.10 Å². The lowest BCUT2D eigenvalue weighted by Gasteiger charge is -2.30. The number of fused-ring (bicyclic) bond motifs is 1. The predicted molar refractivity (Wildman–Crippen MR) is 92.0 cm³/mol. The highest BCUT2D eigenvalue weighted by molar-refractivity contribution is 5.97. The van der Waals surface area contributed by atoms with E-state index in [1.165, 1.54) is 0 Å². The van der Waals surface area contributed by atoms with Gasteiger partial charge in [0.2, 0.25) is 11.8 Å². The second-order valence-electron chi connectivity index (χ2n) is 6.58. The third-order valence-corrected chi connectivity index (χ3v) is 4.75. The number of benzene rings is 1. The van der Waals surface area contributed by atoms with Gasteiger partial charge in [-0.3, -0.25) is 14.4 Å². The molecule has 1 unspecified atom stereocenters. The number of likely N-dealkylation sites (tertiary alicyclic amines) is 1. The smallest absolute Gasteiger partial charge is 0.265 e. The molecule has 3 rings (SSSR count). The summed E-state index contributed by atoms with van der Waals surface area (Å²) in [5.41, 5.74) is 1.52. The number of amides is 3. The van der Waals surface area contributed by atoms with Crippen LogP contribution in [0.15, 0.2) is 18.2 Å². The predicted octanol–water partition coefficient (Wildman–Crippen LogP) is 1.28. The van der Waals surface area contributed by atoms with Gasteiger partial charge in [0.05, 0.1) is 5.69 Å². The third kappa shape index (κ3) is 3.92. The SMILES string of the molecule is CC(=O)N1CCC(C(=O)NCc2ccc3c(c2)NC(=O)C(C)O3)CC1. The number of carbonyl (C=O) groups is 3. The van der Waals surface area contributed by atoms with Gasteiger partial charge in [0.15, 0.2) is 6.10 Å². The second-order valence-corrected chi connectivity index (χ2v) is 6.58. The van der Waals surface area contributed by atoms with Crippen LogP contribution in [-0.2, 0) is 20.9 Å².